The van der Waals surface area contributed by atoms with E-state index in [1.807, 2.05) is 4.90 Å². The van der Waals surface area contributed by atoms with Crippen LogP contribution in [0, 0.1) is 17.8 Å². The van der Waals surface area contributed by atoms with Gasteiger partial charge in [-0.1, -0.05) is 13.3 Å². The van der Waals surface area contributed by atoms with Crippen molar-refractivity contribution in [1.29, 1.82) is 0 Å². The average molecular weight is 306 g/mol. The van der Waals surface area contributed by atoms with Crippen molar-refractivity contribution in [2.75, 3.05) is 26.2 Å². The van der Waals surface area contributed by atoms with Gasteiger partial charge in [0.1, 0.15) is 0 Å². The lowest BCUT2D eigenvalue weighted by molar-refractivity contribution is -0.141. The van der Waals surface area contributed by atoms with Crippen molar-refractivity contribution >= 4 is 11.8 Å². The molecule has 124 valence electrons. The summed E-state index contributed by atoms with van der Waals surface area (Å²) in [4.78, 5) is 29.1. The Morgan fingerprint density at radius 2 is 1.50 bits per heavy atom. The Bertz CT molecular complexity index is 419. The van der Waals surface area contributed by atoms with E-state index in [9.17, 15) is 9.59 Å². The van der Waals surface area contributed by atoms with Gasteiger partial charge >= 0.3 is 0 Å². The quantitative estimate of drug-likeness (QED) is 0.804. The number of amides is 2. The summed E-state index contributed by atoms with van der Waals surface area (Å²) in [6, 6.07) is 0. The van der Waals surface area contributed by atoms with Crippen molar-refractivity contribution in [2.24, 2.45) is 17.8 Å². The van der Waals surface area contributed by atoms with E-state index < -0.39 is 0 Å². The maximum absolute atomic E-state index is 12.8. The minimum atomic E-state index is 0.0506. The van der Waals surface area contributed by atoms with E-state index in [1.54, 1.807) is 0 Å². The molecule has 0 aromatic carbocycles. The van der Waals surface area contributed by atoms with E-state index in [1.165, 1.54) is 12.8 Å². The van der Waals surface area contributed by atoms with Crippen molar-refractivity contribution in [3.8, 4) is 0 Å². The van der Waals surface area contributed by atoms with Gasteiger partial charge in [0.05, 0.1) is 5.92 Å². The predicted octanol–water partition coefficient (Wildman–Crippen LogP) is 2.67. The number of carbonyl (C=O) groups excluding carboxylic acids is 2. The Balaban J connectivity index is 1.55. The zero-order valence-corrected chi connectivity index (χ0v) is 13.9. The van der Waals surface area contributed by atoms with Crippen LogP contribution in [0.25, 0.3) is 0 Å². The van der Waals surface area contributed by atoms with Crippen LogP contribution in [0.1, 0.15) is 58.3 Å². The molecule has 4 nitrogen and oxygen atoms in total. The van der Waals surface area contributed by atoms with Crippen LogP contribution in [-0.2, 0) is 9.59 Å². The van der Waals surface area contributed by atoms with Crippen molar-refractivity contribution < 1.29 is 9.59 Å². The predicted molar refractivity (Wildman–Crippen MR) is 86.2 cm³/mol. The zero-order valence-electron chi connectivity index (χ0n) is 13.9. The Morgan fingerprint density at radius 1 is 0.818 bits per heavy atom. The minimum absolute atomic E-state index is 0.0506. The summed E-state index contributed by atoms with van der Waals surface area (Å²) in [5.74, 6) is 1.73. The van der Waals surface area contributed by atoms with Crippen LogP contribution in [0.15, 0.2) is 0 Å². The molecule has 3 aliphatic rings. The van der Waals surface area contributed by atoms with Crippen LogP contribution in [-0.4, -0.2) is 47.8 Å². The first kappa shape index (κ1) is 15.8. The number of piperidine rings is 1. The Labute approximate surface area is 134 Å². The molecule has 0 aromatic rings. The van der Waals surface area contributed by atoms with E-state index in [2.05, 4.69) is 11.8 Å². The van der Waals surface area contributed by atoms with E-state index in [4.69, 9.17) is 0 Å². The highest BCUT2D eigenvalue weighted by Crippen LogP contribution is 2.33. The molecule has 0 bridgehead atoms. The lowest BCUT2D eigenvalue weighted by atomic mass is 9.95. The van der Waals surface area contributed by atoms with E-state index in [0.29, 0.717) is 18.4 Å². The summed E-state index contributed by atoms with van der Waals surface area (Å²) in [6.07, 6.45) is 8.84. The maximum atomic E-state index is 12.8. The van der Waals surface area contributed by atoms with Crippen LogP contribution in [0.3, 0.4) is 0 Å². The number of rotatable bonds is 3. The molecule has 0 unspecified atom stereocenters. The number of carbonyl (C=O) groups is 2. The van der Waals surface area contributed by atoms with Crippen LogP contribution < -0.4 is 0 Å². The van der Waals surface area contributed by atoms with Crippen LogP contribution in [0.5, 0.6) is 0 Å². The average Bonchev–Trinajstić information content (AvgIpc) is 3.39. The third-order valence-electron chi connectivity index (χ3n) is 5.75. The first-order valence-corrected chi connectivity index (χ1v) is 9.26. The second-order valence-corrected chi connectivity index (χ2v) is 7.43. The van der Waals surface area contributed by atoms with Gasteiger partial charge in [-0.15, -0.1) is 0 Å². The third-order valence-corrected chi connectivity index (χ3v) is 5.75. The summed E-state index contributed by atoms with van der Waals surface area (Å²) in [5.41, 5.74) is 0. The fourth-order valence-corrected chi connectivity index (χ4v) is 4.02. The first-order valence-electron chi connectivity index (χ1n) is 9.26. The van der Waals surface area contributed by atoms with Gasteiger partial charge < -0.3 is 9.80 Å². The molecule has 0 spiro atoms. The smallest absolute Gasteiger partial charge is 0.227 e. The first-order chi connectivity index (χ1) is 10.7. The summed E-state index contributed by atoms with van der Waals surface area (Å²) < 4.78 is 0. The van der Waals surface area contributed by atoms with Gasteiger partial charge in [0.25, 0.3) is 0 Å². The normalized spacial score (nSPS) is 30.0. The molecule has 2 atom stereocenters. The van der Waals surface area contributed by atoms with Gasteiger partial charge in [0.15, 0.2) is 0 Å². The summed E-state index contributed by atoms with van der Waals surface area (Å²) in [5, 5.41) is 0. The lowest BCUT2D eigenvalue weighted by Gasteiger charge is -2.35. The second kappa shape index (κ2) is 7.01. The maximum Gasteiger partial charge on any atom is 0.227 e. The van der Waals surface area contributed by atoms with Crippen LogP contribution in [0.4, 0.5) is 0 Å². The molecule has 2 amide bonds. The van der Waals surface area contributed by atoms with Crippen LogP contribution in [0.2, 0.25) is 0 Å². The highest BCUT2D eigenvalue weighted by molar-refractivity contribution is 5.83. The van der Waals surface area contributed by atoms with Gasteiger partial charge in [-0.2, -0.15) is 0 Å². The molecular weight excluding hydrogens is 276 g/mol. The van der Waals surface area contributed by atoms with Crippen LogP contribution >= 0.6 is 0 Å². The zero-order chi connectivity index (χ0) is 15.5. The number of hydrogen-bond acceptors (Lipinski definition) is 2. The largest absolute Gasteiger partial charge is 0.342 e. The molecule has 2 heterocycles. The van der Waals surface area contributed by atoms with Gasteiger partial charge in [-0.25, -0.2) is 0 Å². The van der Waals surface area contributed by atoms with Crippen molar-refractivity contribution in [3.63, 3.8) is 0 Å². The van der Waals surface area contributed by atoms with Crippen molar-refractivity contribution in [3.05, 3.63) is 0 Å². The topological polar surface area (TPSA) is 40.6 Å². The Kier molecular flexibility index (Phi) is 5.04. The molecule has 1 saturated carbocycles. The van der Waals surface area contributed by atoms with Gasteiger partial charge in [-0.3, -0.25) is 9.59 Å². The summed E-state index contributed by atoms with van der Waals surface area (Å²) in [7, 11) is 0. The molecule has 0 N–H and O–H groups in total. The molecule has 1 aliphatic carbocycles. The van der Waals surface area contributed by atoms with Gasteiger partial charge in [0, 0.05) is 32.1 Å². The Hall–Kier alpha value is -1.06. The monoisotopic (exact) mass is 306 g/mol. The molecule has 0 aromatic heterocycles. The lowest BCUT2D eigenvalue weighted by Crippen LogP contribution is -2.47. The fourth-order valence-electron chi connectivity index (χ4n) is 4.02. The number of hydrogen-bond donors (Lipinski definition) is 0. The molecule has 2 aliphatic heterocycles. The highest BCUT2D eigenvalue weighted by atomic mass is 16.2. The van der Waals surface area contributed by atoms with E-state index in [0.717, 1.165) is 64.1 Å². The summed E-state index contributed by atoms with van der Waals surface area (Å²) >= 11 is 0. The summed E-state index contributed by atoms with van der Waals surface area (Å²) in [6.45, 7) is 5.62. The van der Waals surface area contributed by atoms with E-state index >= 15 is 0 Å². The Morgan fingerprint density at radius 3 is 2.23 bits per heavy atom. The number of likely N-dealkylation sites (tertiary alicyclic amines) is 2. The molecular formula is C18H30N2O2. The molecule has 4 heteroatoms. The van der Waals surface area contributed by atoms with Gasteiger partial charge in [0.2, 0.25) is 11.8 Å². The molecule has 0 radical (unpaired) electrons. The molecule has 3 rings (SSSR count). The molecule has 3 fully saturated rings. The van der Waals surface area contributed by atoms with Crippen molar-refractivity contribution in [2.45, 2.75) is 58.3 Å². The minimum Gasteiger partial charge on any atom is -0.342 e. The van der Waals surface area contributed by atoms with E-state index in [-0.39, 0.29) is 11.8 Å². The number of nitrogens with zero attached hydrogens (tertiary/aromatic N) is 2. The molecule has 22 heavy (non-hydrogen) atoms. The fraction of sp³-hybridized carbons (Fsp3) is 0.889. The second-order valence-electron chi connectivity index (χ2n) is 7.43. The third kappa shape index (κ3) is 3.64. The highest BCUT2D eigenvalue weighted by Gasteiger charge is 2.37. The standard InChI is InChI=1S/C18H30N2O2/c1-2-14-5-3-10-19(12-9-14)18(22)16-6-4-11-20(13-16)17(21)15-7-8-15/h14-16H,2-13H2,1H3/t14-,16-/m1/s1. The SMILES string of the molecule is CC[C@@H]1CCCN(C(=O)[C@@H]2CCCN(C(=O)C3CC3)C2)CC1. The van der Waals surface area contributed by atoms with Gasteiger partial charge in [-0.05, 0) is 50.9 Å². The molecule has 2 saturated heterocycles. The van der Waals surface area contributed by atoms with Crippen molar-refractivity contribution in [1.82, 2.24) is 9.80 Å².